The Hall–Kier alpha value is -2.70. The maximum absolute atomic E-state index is 12.0. The third kappa shape index (κ3) is 2.03. The molecule has 0 aliphatic carbocycles. The maximum Gasteiger partial charge on any atom is 0.277 e. The van der Waals surface area contributed by atoms with Crippen molar-refractivity contribution in [3.05, 3.63) is 35.7 Å². The first-order valence-corrected chi connectivity index (χ1v) is 6.12. The summed E-state index contributed by atoms with van der Waals surface area (Å²) in [5.41, 5.74) is 2.69. The molecule has 3 rings (SSSR count). The minimum atomic E-state index is -0.323. The Kier molecular flexibility index (Phi) is 2.74. The number of amides is 2. The fraction of sp³-hybridized carbons (Fsp3) is 0.231. The van der Waals surface area contributed by atoms with Crippen LogP contribution in [0.4, 0.5) is 11.4 Å². The molecule has 1 aliphatic rings. The van der Waals surface area contributed by atoms with E-state index < -0.39 is 0 Å². The van der Waals surface area contributed by atoms with Crippen molar-refractivity contribution >= 4 is 23.2 Å². The monoisotopic (exact) mass is 271 g/mol. The minimum absolute atomic E-state index is 0.0532. The van der Waals surface area contributed by atoms with Gasteiger partial charge >= 0.3 is 0 Å². The highest BCUT2D eigenvalue weighted by molar-refractivity contribution is 6.04. The van der Waals surface area contributed by atoms with Crippen molar-refractivity contribution in [1.82, 2.24) is 15.0 Å². The van der Waals surface area contributed by atoms with Gasteiger partial charge in [0.2, 0.25) is 5.91 Å². The van der Waals surface area contributed by atoms with Gasteiger partial charge in [0.25, 0.3) is 5.91 Å². The highest BCUT2D eigenvalue weighted by Gasteiger charge is 2.24. The molecule has 102 valence electrons. The van der Waals surface area contributed by atoms with Crippen LogP contribution in [0.25, 0.3) is 0 Å². The third-order valence-corrected chi connectivity index (χ3v) is 3.25. The molecule has 1 N–H and O–H groups in total. The van der Waals surface area contributed by atoms with Gasteiger partial charge in [-0.3, -0.25) is 14.3 Å². The van der Waals surface area contributed by atoms with E-state index in [9.17, 15) is 9.59 Å². The molecule has 0 bridgehead atoms. The second kappa shape index (κ2) is 4.44. The van der Waals surface area contributed by atoms with E-state index in [2.05, 4.69) is 15.6 Å². The Morgan fingerprint density at radius 3 is 2.85 bits per heavy atom. The van der Waals surface area contributed by atoms with Gasteiger partial charge in [-0.05, 0) is 23.8 Å². The molecule has 0 unspecified atom stereocenters. The Balaban J connectivity index is 1.81. The second-order valence-electron chi connectivity index (χ2n) is 4.70. The molecule has 0 saturated heterocycles. The summed E-state index contributed by atoms with van der Waals surface area (Å²) in [5.74, 6) is -0.270. The molecule has 0 fully saturated rings. The molecule has 0 atom stereocenters. The summed E-state index contributed by atoms with van der Waals surface area (Å²) in [6.45, 7) is 0. The lowest BCUT2D eigenvalue weighted by Gasteiger charge is -2.10. The van der Waals surface area contributed by atoms with E-state index in [1.807, 2.05) is 12.1 Å². The number of carbonyl (C=O) groups excluding carboxylic acids is 2. The van der Waals surface area contributed by atoms with Crippen molar-refractivity contribution in [1.29, 1.82) is 0 Å². The van der Waals surface area contributed by atoms with E-state index in [1.165, 1.54) is 4.68 Å². The molecule has 1 aliphatic heterocycles. The van der Waals surface area contributed by atoms with Crippen LogP contribution in [-0.4, -0.2) is 33.9 Å². The molecule has 20 heavy (non-hydrogen) atoms. The first kappa shape index (κ1) is 12.3. The van der Waals surface area contributed by atoms with Crippen molar-refractivity contribution in [2.24, 2.45) is 7.05 Å². The van der Waals surface area contributed by atoms with E-state index in [4.69, 9.17) is 0 Å². The summed E-state index contributed by atoms with van der Waals surface area (Å²) in [5, 5.41) is 10.2. The van der Waals surface area contributed by atoms with Gasteiger partial charge in [-0.1, -0.05) is 5.21 Å². The lowest BCUT2D eigenvalue weighted by atomic mass is 10.1. The standard InChI is InChI=1S/C13H13N5O2/c1-17-7-10(15-16-17)13(20)14-9-3-4-11-8(5-9)6-12(19)18(11)2/h3-5,7H,6H2,1-2H3,(H,14,20). The SMILES string of the molecule is CN1C(=O)Cc2cc(NC(=O)c3cn(C)nn3)ccc21. The summed E-state index contributed by atoms with van der Waals surface area (Å²) in [6, 6.07) is 5.40. The molecule has 1 aromatic carbocycles. The number of hydrogen-bond donors (Lipinski definition) is 1. The summed E-state index contributed by atoms with van der Waals surface area (Å²) >= 11 is 0. The Morgan fingerprint density at radius 1 is 1.35 bits per heavy atom. The van der Waals surface area contributed by atoms with Crippen LogP contribution in [0.5, 0.6) is 0 Å². The average Bonchev–Trinajstić information content (AvgIpc) is 2.95. The number of anilines is 2. The van der Waals surface area contributed by atoms with Gasteiger partial charge in [-0.25, -0.2) is 0 Å². The normalized spacial score (nSPS) is 13.5. The third-order valence-electron chi connectivity index (χ3n) is 3.25. The first-order valence-electron chi connectivity index (χ1n) is 6.12. The predicted molar refractivity (Wildman–Crippen MR) is 72.5 cm³/mol. The van der Waals surface area contributed by atoms with Gasteiger partial charge in [0.05, 0.1) is 12.6 Å². The smallest absolute Gasteiger partial charge is 0.277 e. The van der Waals surface area contributed by atoms with Crippen LogP contribution < -0.4 is 10.2 Å². The van der Waals surface area contributed by atoms with Crippen LogP contribution >= 0.6 is 0 Å². The quantitative estimate of drug-likeness (QED) is 0.866. The lowest BCUT2D eigenvalue weighted by Crippen LogP contribution is -2.20. The Labute approximate surface area is 115 Å². The molecular weight excluding hydrogens is 258 g/mol. The Bertz CT molecular complexity index is 707. The minimum Gasteiger partial charge on any atom is -0.321 e. The number of carbonyl (C=O) groups is 2. The fourth-order valence-electron chi connectivity index (χ4n) is 2.19. The number of benzene rings is 1. The highest BCUT2D eigenvalue weighted by atomic mass is 16.2. The Morgan fingerprint density at radius 2 is 2.15 bits per heavy atom. The zero-order valence-electron chi connectivity index (χ0n) is 11.1. The maximum atomic E-state index is 12.0. The molecule has 0 saturated carbocycles. The van der Waals surface area contributed by atoms with Crippen molar-refractivity contribution in [2.75, 3.05) is 17.3 Å². The van der Waals surface area contributed by atoms with Gasteiger partial charge in [-0.2, -0.15) is 0 Å². The van der Waals surface area contributed by atoms with Crippen LogP contribution in [0.15, 0.2) is 24.4 Å². The molecule has 1 aromatic heterocycles. The fourth-order valence-corrected chi connectivity index (χ4v) is 2.19. The van der Waals surface area contributed by atoms with E-state index in [0.29, 0.717) is 12.1 Å². The molecule has 0 radical (unpaired) electrons. The zero-order chi connectivity index (χ0) is 14.3. The van der Waals surface area contributed by atoms with E-state index in [0.717, 1.165) is 11.3 Å². The van der Waals surface area contributed by atoms with Gasteiger partial charge in [0.15, 0.2) is 5.69 Å². The van der Waals surface area contributed by atoms with E-state index in [1.54, 1.807) is 31.3 Å². The summed E-state index contributed by atoms with van der Waals surface area (Å²) in [4.78, 5) is 25.2. The topological polar surface area (TPSA) is 80.1 Å². The predicted octanol–water partition coefficient (Wildman–Crippen LogP) is 0.586. The van der Waals surface area contributed by atoms with Crippen molar-refractivity contribution in [2.45, 2.75) is 6.42 Å². The van der Waals surface area contributed by atoms with Crippen LogP contribution in [0.2, 0.25) is 0 Å². The number of rotatable bonds is 2. The second-order valence-corrected chi connectivity index (χ2v) is 4.70. The number of aryl methyl sites for hydroxylation is 1. The first-order chi connectivity index (χ1) is 9.54. The molecule has 2 aromatic rings. The summed E-state index contributed by atoms with van der Waals surface area (Å²) < 4.78 is 1.46. The lowest BCUT2D eigenvalue weighted by molar-refractivity contribution is -0.117. The highest BCUT2D eigenvalue weighted by Crippen LogP contribution is 2.29. The molecule has 2 amide bonds. The van der Waals surface area contributed by atoms with Gasteiger partial charge in [0, 0.05) is 25.5 Å². The number of likely N-dealkylation sites (N-methyl/N-ethyl adjacent to an activating group) is 1. The zero-order valence-corrected chi connectivity index (χ0v) is 11.1. The number of nitrogens with zero attached hydrogens (tertiary/aromatic N) is 4. The summed E-state index contributed by atoms with van der Waals surface area (Å²) in [6.07, 6.45) is 1.90. The number of aromatic nitrogens is 3. The molecule has 0 spiro atoms. The summed E-state index contributed by atoms with van der Waals surface area (Å²) in [7, 11) is 3.44. The van der Waals surface area contributed by atoms with Crippen molar-refractivity contribution in [3.63, 3.8) is 0 Å². The van der Waals surface area contributed by atoms with Gasteiger partial charge < -0.3 is 10.2 Å². The average molecular weight is 271 g/mol. The van der Waals surface area contributed by atoms with Crippen LogP contribution in [-0.2, 0) is 18.3 Å². The largest absolute Gasteiger partial charge is 0.321 e. The van der Waals surface area contributed by atoms with Crippen LogP contribution in [0, 0.1) is 0 Å². The number of nitrogens with one attached hydrogen (secondary N) is 1. The van der Waals surface area contributed by atoms with Gasteiger partial charge in [0.1, 0.15) is 0 Å². The molecule has 7 nitrogen and oxygen atoms in total. The van der Waals surface area contributed by atoms with Crippen molar-refractivity contribution < 1.29 is 9.59 Å². The number of fused-ring (bicyclic) bond motifs is 1. The van der Waals surface area contributed by atoms with Gasteiger partial charge in [-0.15, -0.1) is 5.10 Å². The molecule has 2 heterocycles. The van der Waals surface area contributed by atoms with Crippen molar-refractivity contribution in [3.8, 4) is 0 Å². The number of hydrogen-bond acceptors (Lipinski definition) is 4. The van der Waals surface area contributed by atoms with Crippen LogP contribution in [0.3, 0.4) is 0 Å². The molecular formula is C13H13N5O2. The van der Waals surface area contributed by atoms with E-state index >= 15 is 0 Å². The van der Waals surface area contributed by atoms with E-state index in [-0.39, 0.29) is 17.5 Å². The van der Waals surface area contributed by atoms with Crippen LogP contribution in [0.1, 0.15) is 16.1 Å². The molecule has 7 heteroatoms.